The van der Waals surface area contributed by atoms with Crippen LogP contribution >= 0.6 is 0 Å². The molecule has 0 radical (unpaired) electrons. The van der Waals surface area contributed by atoms with E-state index in [1.807, 2.05) is 49.5 Å². The van der Waals surface area contributed by atoms with Crippen molar-refractivity contribution in [2.75, 3.05) is 12.4 Å². The topological polar surface area (TPSA) is 55.6 Å². The Morgan fingerprint density at radius 3 is 2.44 bits per heavy atom. The Balaban J connectivity index is 1.92. The monoisotopic (exact) mass is 337 g/mol. The molecule has 2 aromatic heterocycles. The summed E-state index contributed by atoms with van der Waals surface area (Å²) in [5, 5.41) is 2.95. The molecule has 0 aliphatic rings. The summed E-state index contributed by atoms with van der Waals surface area (Å²) < 4.78 is 7.08. The van der Waals surface area contributed by atoms with Crippen molar-refractivity contribution in [2.24, 2.45) is 0 Å². The number of carbonyl (C=O) groups is 1. The highest BCUT2D eigenvalue weighted by Crippen LogP contribution is 2.25. The van der Waals surface area contributed by atoms with Gasteiger partial charge in [-0.25, -0.2) is 4.98 Å². The predicted octanol–water partition coefficient (Wildman–Crippen LogP) is 4.20. The summed E-state index contributed by atoms with van der Waals surface area (Å²) in [5.74, 6) is 0.445. The van der Waals surface area contributed by atoms with E-state index in [0.29, 0.717) is 22.8 Å². The van der Waals surface area contributed by atoms with E-state index in [-0.39, 0.29) is 11.3 Å². The average molecular weight is 337 g/mol. The number of rotatable bonds is 3. The van der Waals surface area contributed by atoms with E-state index in [2.05, 4.69) is 31.1 Å². The zero-order valence-electron chi connectivity index (χ0n) is 15.3. The number of benzene rings is 1. The van der Waals surface area contributed by atoms with Crippen molar-refractivity contribution in [3.05, 3.63) is 59.5 Å². The Hall–Kier alpha value is -2.82. The first-order chi connectivity index (χ1) is 11.8. The second-order valence-electron chi connectivity index (χ2n) is 7.10. The summed E-state index contributed by atoms with van der Waals surface area (Å²) in [4.78, 5) is 17.2. The number of nitrogens with one attached hydrogen (secondary N) is 1. The fourth-order valence-corrected chi connectivity index (χ4v) is 2.83. The molecule has 0 atom stereocenters. The van der Waals surface area contributed by atoms with Gasteiger partial charge in [-0.2, -0.15) is 0 Å². The van der Waals surface area contributed by atoms with Gasteiger partial charge < -0.3 is 10.1 Å². The maximum Gasteiger partial charge on any atom is 0.274 e. The molecular formula is C20H23N3O2. The van der Waals surface area contributed by atoms with Gasteiger partial charge in [0.25, 0.3) is 5.91 Å². The van der Waals surface area contributed by atoms with Crippen molar-refractivity contribution in [1.29, 1.82) is 0 Å². The molecule has 1 amide bonds. The molecule has 2 heterocycles. The lowest BCUT2D eigenvalue weighted by Gasteiger charge is -2.19. The molecule has 0 aliphatic carbocycles. The van der Waals surface area contributed by atoms with Crippen molar-refractivity contribution in [3.8, 4) is 5.75 Å². The molecule has 3 rings (SSSR count). The average Bonchev–Trinajstić information content (AvgIpc) is 2.90. The third kappa shape index (κ3) is 3.22. The van der Waals surface area contributed by atoms with Crippen LogP contribution in [0.5, 0.6) is 5.75 Å². The van der Waals surface area contributed by atoms with E-state index in [1.54, 1.807) is 11.5 Å². The molecule has 3 aromatic rings. The minimum Gasteiger partial charge on any atom is -0.493 e. The molecular weight excluding hydrogens is 314 g/mol. The summed E-state index contributed by atoms with van der Waals surface area (Å²) in [7, 11) is 1.59. The highest BCUT2D eigenvalue weighted by Gasteiger charge is 2.19. The Bertz CT molecular complexity index is 919. The van der Waals surface area contributed by atoms with Crippen LogP contribution in [-0.4, -0.2) is 22.4 Å². The van der Waals surface area contributed by atoms with E-state index >= 15 is 0 Å². The molecule has 1 N–H and O–H groups in total. The Morgan fingerprint density at radius 2 is 1.84 bits per heavy atom. The fraction of sp³-hybridized carbons (Fsp3) is 0.300. The first kappa shape index (κ1) is 17.0. The predicted molar refractivity (Wildman–Crippen MR) is 99.6 cm³/mol. The van der Waals surface area contributed by atoms with Gasteiger partial charge in [0.2, 0.25) is 0 Å². The van der Waals surface area contributed by atoms with E-state index < -0.39 is 0 Å². The highest BCUT2D eigenvalue weighted by molar-refractivity contribution is 6.04. The molecule has 0 fully saturated rings. The van der Waals surface area contributed by atoms with Gasteiger partial charge in [-0.05, 0) is 42.2 Å². The molecule has 0 aliphatic heterocycles. The molecule has 25 heavy (non-hydrogen) atoms. The van der Waals surface area contributed by atoms with Gasteiger partial charge in [0.05, 0.1) is 12.8 Å². The van der Waals surface area contributed by atoms with E-state index in [9.17, 15) is 4.79 Å². The molecule has 5 nitrogen and oxygen atoms in total. The molecule has 0 bridgehead atoms. The summed E-state index contributed by atoms with van der Waals surface area (Å²) in [6.07, 6.45) is 1.81. The maximum atomic E-state index is 12.8. The number of amides is 1. The number of aromatic nitrogens is 2. The van der Waals surface area contributed by atoms with Crippen LogP contribution < -0.4 is 10.1 Å². The molecule has 0 unspecified atom stereocenters. The number of anilines is 1. The maximum absolute atomic E-state index is 12.8. The van der Waals surface area contributed by atoms with Crippen LogP contribution in [0.4, 0.5) is 5.69 Å². The van der Waals surface area contributed by atoms with Gasteiger partial charge in [-0.15, -0.1) is 0 Å². The zero-order chi connectivity index (χ0) is 18.2. The summed E-state index contributed by atoms with van der Waals surface area (Å²) >= 11 is 0. The Kier molecular flexibility index (Phi) is 4.25. The van der Waals surface area contributed by atoms with Gasteiger partial charge in [0.1, 0.15) is 5.69 Å². The zero-order valence-corrected chi connectivity index (χ0v) is 15.3. The van der Waals surface area contributed by atoms with Gasteiger partial charge in [-0.3, -0.25) is 9.20 Å². The number of hydrogen-bond donors (Lipinski definition) is 1. The number of aryl methyl sites for hydroxylation is 1. The molecule has 0 spiro atoms. The minimum atomic E-state index is -0.193. The van der Waals surface area contributed by atoms with Crippen molar-refractivity contribution >= 4 is 17.2 Å². The van der Waals surface area contributed by atoms with E-state index in [1.165, 1.54) is 5.56 Å². The van der Waals surface area contributed by atoms with Gasteiger partial charge in [0.15, 0.2) is 11.4 Å². The second-order valence-corrected chi connectivity index (χ2v) is 7.10. The van der Waals surface area contributed by atoms with Crippen molar-refractivity contribution in [3.63, 3.8) is 0 Å². The molecule has 0 saturated heterocycles. The first-order valence-corrected chi connectivity index (χ1v) is 8.25. The van der Waals surface area contributed by atoms with Crippen LogP contribution in [0.1, 0.15) is 42.5 Å². The number of carbonyl (C=O) groups excluding carboxylic acids is 1. The van der Waals surface area contributed by atoms with Crippen molar-refractivity contribution < 1.29 is 9.53 Å². The third-order valence-electron chi connectivity index (χ3n) is 4.23. The number of imidazole rings is 1. The largest absolute Gasteiger partial charge is 0.493 e. The summed E-state index contributed by atoms with van der Waals surface area (Å²) in [6.45, 7) is 8.31. The van der Waals surface area contributed by atoms with Crippen LogP contribution in [0, 0.1) is 6.92 Å². The van der Waals surface area contributed by atoms with Gasteiger partial charge in [-0.1, -0.05) is 32.9 Å². The van der Waals surface area contributed by atoms with Gasteiger partial charge >= 0.3 is 0 Å². The van der Waals surface area contributed by atoms with Gasteiger partial charge in [0, 0.05) is 11.9 Å². The lowest BCUT2D eigenvalue weighted by Crippen LogP contribution is -2.16. The number of hydrogen-bond acceptors (Lipinski definition) is 3. The van der Waals surface area contributed by atoms with Crippen molar-refractivity contribution in [2.45, 2.75) is 33.1 Å². The third-order valence-corrected chi connectivity index (χ3v) is 4.23. The number of fused-ring (bicyclic) bond motifs is 1. The van der Waals surface area contributed by atoms with E-state index in [4.69, 9.17) is 4.74 Å². The van der Waals surface area contributed by atoms with Crippen LogP contribution in [0.25, 0.3) is 5.65 Å². The highest BCUT2D eigenvalue weighted by atomic mass is 16.5. The minimum absolute atomic E-state index is 0.0807. The van der Waals surface area contributed by atoms with Crippen LogP contribution in [0.3, 0.4) is 0 Å². The standard InChI is InChI=1S/C20H23N3O2/c1-13-17(23-12-6-7-16(25-5)18(23)21-13)19(24)22-15-10-8-14(9-11-15)20(2,3)4/h6-12H,1-5H3,(H,22,24). The fourth-order valence-electron chi connectivity index (χ4n) is 2.83. The first-order valence-electron chi connectivity index (χ1n) is 8.25. The van der Waals surface area contributed by atoms with Crippen LogP contribution in [0.15, 0.2) is 42.6 Å². The Morgan fingerprint density at radius 1 is 1.16 bits per heavy atom. The second kappa shape index (κ2) is 6.24. The van der Waals surface area contributed by atoms with Crippen LogP contribution in [0.2, 0.25) is 0 Å². The number of ether oxygens (including phenoxy) is 1. The smallest absolute Gasteiger partial charge is 0.274 e. The van der Waals surface area contributed by atoms with Crippen LogP contribution in [-0.2, 0) is 5.41 Å². The number of nitrogens with zero attached hydrogens (tertiary/aromatic N) is 2. The number of methoxy groups -OCH3 is 1. The molecule has 130 valence electrons. The normalized spacial score (nSPS) is 11.6. The quantitative estimate of drug-likeness (QED) is 0.779. The summed E-state index contributed by atoms with van der Waals surface area (Å²) in [6, 6.07) is 11.6. The SMILES string of the molecule is COc1cccn2c(C(=O)Nc3ccc(C(C)(C)C)cc3)c(C)nc12. The lowest BCUT2D eigenvalue weighted by molar-refractivity contribution is 0.102. The molecule has 0 saturated carbocycles. The van der Waals surface area contributed by atoms with E-state index in [0.717, 1.165) is 5.69 Å². The molecule has 5 heteroatoms. The van der Waals surface area contributed by atoms with Crippen molar-refractivity contribution in [1.82, 2.24) is 9.38 Å². The summed E-state index contributed by atoms with van der Waals surface area (Å²) in [5.41, 5.74) is 3.87. The molecule has 1 aromatic carbocycles. The Labute approximate surface area is 147 Å². The number of pyridine rings is 1. The lowest BCUT2D eigenvalue weighted by atomic mass is 9.87.